The zero-order valence-corrected chi connectivity index (χ0v) is 9.17. The van der Waals surface area contributed by atoms with Gasteiger partial charge in [-0.3, -0.25) is 4.98 Å². The number of alkyl halides is 1. The molecule has 2 heterocycles. The van der Waals surface area contributed by atoms with Crippen LogP contribution >= 0.6 is 11.6 Å². The maximum Gasteiger partial charge on any atom is 0.0426 e. The van der Waals surface area contributed by atoms with Crippen LogP contribution in [-0.2, 0) is 0 Å². The molecular weight excluding hydrogens is 196 g/mol. The Kier molecular flexibility index (Phi) is 2.92. The van der Waals surface area contributed by atoms with Crippen molar-refractivity contribution in [1.29, 1.82) is 0 Å². The maximum absolute atomic E-state index is 5.86. The van der Waals surface area contributed by atoms with Gasteiger partial charge in [-0.15, -0.1) is 11.6 Å². The van der Waals surface area contributed by atoms with E-state index in [4.69, 9.17) is 11.6 Å². The quantitative estimate of drug-likeness (QED) is 0.698. The van der Waals surface area contributed by atoms with Crippen molar-refractivity contribution in [2.75, 3.05) is 23.9 Å². The van der Waals surface area contributed by atoms with Crippen molar-refractivity contribution >= 4 is 17.3 Å². The monoisotopic (exact) mass is 210 g/mol. The van der Waals surface area contributed by atoms with Crippen LogP contribution in [-0.4, -0.2) is 24.0 Å². The van der Waals surface area contributed by atoms with Crippen molar-refractivity contribution < 1.29 is 0 Å². The smallest absolute Gasteiger partial charge is 0.0426 e. The summed E-state index contributed by atoms with van der Waals surface area (Å²) in [4.78, 5) is 6.51. The van der Waals surface area contributed by atoms with Gasteiger partial charge in [0.1, 0.15) is 0 Å². The van der Waals surface area contributed by atoms with Crippen LogP contribution in [0.2, 0.25) is 0 Å². The largest absolute Gasteiger partial charge is 0.371 e. The van der Waals surface area contributed by atoms with Gasteiger partial charge in [-0.2, -0.15) is 0 Å². The summed E-state index contributed by atoms with van der Waals surface area (Å²) in [5.74, 6) is 1.44. The van der Waals surface area contributed by atoms with Gasteiger partial charge >= 0.3 is 0 Å². The molecule has 1 unspecified atom stereocenters. The highest BCUT2D eigenvalue weighted by Crippen LogP contribution is 2.26. The Morgan fingerprint density at radius 1 is 1.64 bits per heavy atom. The summed E-state index contributed by atoms with van der Waals surface area (Å²) in [6, 6.07) is 2.09. The van der Waals surface area contributed by atoms with Gasteiger partial charge in [0, 0.05) is 37.1 Å². The molecule has 0 N–H and O–H groups in total. The molecule has 3 heteroatoms. The van der Waals surface area contributed by atoms with Crippen molar-refractivity contribution in [3.8, 4) is 0 Å². The van der Waals surface area contributed by atoms with Gasteiger partial charge in [-0.05, 0) is 30.9 Å². The summed E-state index contributed by atoms with van der Waals surface area (Å²) in [7, 11) is 0. The molecular formula is C11H15ClN2. The third-order valence-electron chi connectivity index (χ3n) is 2.84. The average molecular weight is 211 g/mol. The number of hydrogen-bond acceptors (Lipinski definition) is 2. The number of aromatic nitrogens is 1. The number of pyridine rings is 1. The lowest BCUT2D eigenvalue weighted by atomic mass is 10.2. The van der Waals surface area contributed by atoms with Gasteiger partial charge in [0.25, 0.3) is 0 Å². The van der Waals surface area contributed by atoms with Gasteiger partial charge in [-0.1, -0.05) is 0 Å². The van der Waals surface area contributed by atoms with Gasteiger partial charge < -0.3 is 4.90 Å². The Morgan fingerprint density at radius 3 is 3.14 bits per heavy atom. The van der Waals surface area contributed by atoms with Crippen LogP contribution in [0.25, 0.3) is 0 Å². The number of nitrogens with zero attached hydrogens (tertiary/aromatic N) is 2. The summed E-state index contributed by atoms with van der Waals surface area (Å²) in [6.07, 6.45) is 4.99. The minimum absolute atomic E-state index is 0.657. The van der Waals surface area contributed by atoms with E-state index in [2.05, 4.69) is 22.9 Å². The van der Waals surface area contributed by atoms with Crippen molar-refractivity contribution in [2.45, 2.75) is 13.3 Å². The standard InChI is InChI=1S/C11H15ClN2/c1-9-7-13-4-2-11(9)14-5-3-10(6-12)8-14/h2,4,7,10H,3,5-6,8H2,1H3. The molecule has 14 heavy (non-hydrogen) atoms. The fourth-order valence-electron chi connectivity index (χ4n) is 2.00. The third-order valence-corrected chi connectivity index (χ3v) is 3.27. The van der Waals surface area contributed by atoms with Crippen molar-refractivity contribution in [3.63, 3.8) is 0 Å². The number of anilines is 1. The van der Waals surface area contributed by atoms with Gasteiger partial charge in [0.05, 0.1) is 0 Å². The van der Waals surface area contributed by atoms with Crippen molar-refractivity contribution in [1.82, 2.24) is 4.98 Å². The lowest BCUT2D eigenvalue weighted by Crippen LogP contribution is -2.20. The molecule has 0 amide bonds. The molecule has 1 fully saturated rings. The molecule has 76 valence electrons. The fraction of sp³-hybridized carbons (Fsp3) is 0.545. The normalized spacial score (nSPS) is 21.6. The van der Waals surface area contributed by atoms with Crippen LogP contribution in [0, 0.1) is 12.8 Å². The molecule has 0 spiro atoms. The molecule has 0 saturated carbocycles. The van der Waals surface area contributed by atoms with E-state index < -0.39 is 0 Å². The van der Waals surface area contributed by atoms with Crippen LogP contribution in [0.3, 0.4) is 0 Å². The van der Waals surface area contributed by atoms with Crippen LogP contribution in [0.5, 0.6) is 0 Å². The summed E-state index contributed by atoms with van der Waals surface area (Å²) in [5.41, 5.74) is 2.57. The highest BCUT2D eigenvalue weighted by Gasteiger charge is 2.22. The lowest BCUT2D eigenvalue weighted by molar-refractivity contribution is 0.667. The van der Waals surface area contributed by atoms with E-state index in [1.807, 2.05) is 12.4 Å². The van der Waals surface area contributed by atoms with Crippen molar-refractivity contribution in [3.05, 3.63) is 24.0 Å². The molecule has 1 aliphatic heterocycles. The molecule has 1 aliphatic rings. The van der Waals surface area contributed by atoms with E-state index in [1.54, 1.807) is 0 Å². The molecule has 1 atom stereocenters. The van der Waals surface area contributed by atoms with E-state index in [9.17, 15) is 0 Å². The number of rotatable bonds is 2. The molecule has 0 bridgehead atoms. The first-order valence-corrected chi connectivity index (χ1v) is 5.56. The summed E-state index contributed by atoms with van der Waals surface area (Å²) in [5, 5.41) is 0. The highest BCUT2D eigenvalue weighted by molar-refractivity contribution is 6.18. The zero-order chi connectivity index (χ0) is 9.97. The first kappa shape index (κ1) is 9.78. The molecule has 1 aromatic rings. The van der Waals surface area contributed by atoms with Crippen LogP contribution in [0.15, 0.2) is 18.5 Å². The maximum atomic E-state index is 5.86. The zero-order valence-electron chi connectivity index (χ0n) is 8.41. The predicted octanol–water partition coefficient (Wildman–Crippen LogP) is 2.46. The molecule has 2 rings (SSSR count). The Morgan fingerprint density at radius 2 is 2.50 bits per heavy atom. The molecule has 1 saturated heterocycles. The van der Waals surface area contributed by atoms with E-state index >= 15 is 0 Å². The first-order valence-electron chi connectivity index (χ1n) is 5.03. The topological polar surface area (TPSA) is 16.1 Å². The second-order valence-corrected chi connectivity index (χ2v) is 4.23. The second-order valence-electron chi connectivity index (χ2n) is 3.92. The van der Waals surface area contributed by atoms with Crippen LogP contribution < -0.4 is 4.90 Å². The number of hydrogen-bond donors (Lipinski definition) is 0. The van der Waals surface area contributed by atoms with Crippen molar-refractivity contribution in [2.24, 2.45) is 5.92 Å². The van der Waals surface area contributed by atoms with Crippen LogP contribution in [0.1, 0.15) is 12.0 Å². The average Bonchev–Trinajstić information content (AvgIpc) is 2.67. The molecule has 2 nitrogen and oxygen atoms in total. The third kappa shape index (κ3) is 1.85. The van der Waals surface area contributed by atoms with E-state index in [-0.39, 0.29) is 0 Å². The Balaban J connectivity index is 2.13. The minimum Gasteiger partial charge on any atom is -0.371 e. The predicted molar refractivity (Wildman–Crippen MR) is 60.0 cm³/mol. The first-order chi connectivity index (χ1) is 6.81. The molecule has 0 radical (unpaired) electrons. The highest BCUT2D eigenvalue weighted by atomic mass is 35.5. The van der Waals surface area contributed by atoms with Crippen LogP contribution in [0.4, 0.5) is 5.69 Å². The second kappa shape index (κ2) is 4.18. The van der Waals surface area contributed by atoms with E-state index in [0.29, 0.717) is 5.92 Å². The number of aryl methyl sites for hydroxylation is 1. The Bertz CT molecular complexity index is 314. The molecule has 1 aromatic heterocycles. The lowest BCUT2D eigenvalue weighted by Gasteiger charge is -2.20. The summed E-state index contributed by atoms with van der Waals surface area (Å²) >= 11 is 5.86. The Labute approximate surface area is 89.9 Å². The molecule has 0 aliphatic carbocycles. The Hall–Kier alpha value is -0.760. The minimum atomic E-state index is 0.657. The van der Waals surface area contributed by atoms with Gasteiger partial charge in [0.15, 0.2) is 0 Å². The van der Waals surface area contributed by atoms with E-state index in [1.165, 1.54) is 17.7 Å². The van der Waals surface area contributed by atoms with Gasteiger partial charge in [-0.25, -0.2) is 0 Å². The summed E-state index contributed by atoms with van der Waals surface area (Å²) in [6.45, 7) is 4.33. The van der Waals surface area contributed by atoms with E-state index in [0.717, 1.165) is 19.0 Å². The summed E-state index contributed by atoms with van der Waals surface area (Å²) < 4.78 is 0. The van der Waals surface area contributed by atoms with Gasteiger partial charge in [0.2, 0.25) is 0 Å². The molecule has 0 aromatic carbocycles. The number of halogens is 1. The SMILES string of the molecule is Cc1cnccc1N1CCC(CCl)C1. The fourth-order valence-corrected chi connectivity index (χ4v) is 2.25.